The van der Waals surface area contributed by atoms with Gasteiger partial charge in [-0.25, -0.2) is 4.79 Å². The van der Waals surface area contributed by atoms with Crippen LogP contribution in [0.25, 0.3) is 10.9 Å². The first kappa shape index (κ1) is 11.1. The maximum atomic E-state index is 11.6. The normalized spacial score (nSPS) is 10.5. The van der Waals surface area contributed by atoms with Crippen LogP contribution in [0.4, 0.5) is 10.5 Å². The van der Waals surface area contributed by atoms with Gasteiger partial charge in [-0.1, -0.05) is 0 Å². The van der Waals surface area contributed by atoms with Crippen LogP contribution in [0.1, 0.15) is 5.69 Å². The molecule has 88 valence electrons. The van der Waals surface area contributed by atoms with Gasteiger partial charge in [-0.15, -0.1) is 0 Å². The zero-order valence-electron chi connectivity index (χ0n) is 9.43. The van der Waals surface area contributed by atoms with E-state index in [2.05, 4.69) is 5.32 Å². The van der Waals surface area contributed by atoms with E-state index in [1.807, 2.05) is 0 Å². The van der Waals surface area contributed by atoms with Crippen LogP contribution in [0.15, 0.2) is 24.3 Å². The summed E-state index contributed by atoms with van der Waals surface area (Å²) in [5.41, 5.74) is 1.42. The quantitative estimate of drug-likeness (QED) is 0.604. The molecule has 0 spiro atoms. The molecule has 0 saturated heterocycles. The molecule has 1 heterocycles. The zero-order chi connectivity index (χ0) is 12.6. The largest absolute Gasteiger partial charge is 0.340 e. The molecule has 1 N–H and O–H groups in total. The van der Waals surface area contributed by atoms with Gasteiger partial charge >= 0.3 is 6.03 Å². The highest BCUT2D eigenvalue weighted by Crippen LogP contribution is 2.24. The van der Waals surface area contributed by atoms with Gasteiger partial charge in [-0.3, -0.25) is 14.7 Å². The number of fused-ring (bicyclic) bond motifs is 1. The number of hydrogen-bond donors (Lipinski definition) is 1. The van der Waals surface area contributed by atoms with Crippen LogP contribution in [0.5, 0.6) is 0 Å². The van der Waals surface area contributed by atoms with Crippen LogP contribution in [0.2, 0.25) is 0 Å². The highest BCUT2D eigenvalue weighted by atomic mass is 16.6. The molecule has 0 aliphatic heterocycles. The Kier molecular flexibility index (Phi) is 2.55. The Morgan fingerprint density at radius 3 is 2.71 bits per heavy atom. The molecule has 0 radical (unpaired) electrons. The van der Waals surface area contributed by atoms with Crippen molar-refractivity contribution >= 4 is 22.6 Å². The van der Waals surface area contributed by atoms with Crippen LogP contribution in [-0.2, 0) is 0 Å². The van der Waals surface area contributed by atoms with E-state index in [0.717, 1.165) is 5.69 Å². The Hall–Kier alpha value is -2.37. The minimum absolute atomic E-state index is 0.0200. The molecule has 6 heteroatoms. The first-order valence-electron chi connectivity index (χ1n) is 5.03. The van der Waals surface area contributed by atoms with Crippen LogP contribution < -0.4 is 5.32 Å². The van der Waals surface area contributed by atoms with E-state index in [1.54, 1.807) is 26.1 Å². The van der Waals surface area contributed by atoms with Gasteiger partial charge in [-0.05, 0) is 19.1 Å². The number of aromatic nitrogens is 1. The number of nitrogens with one attached hydrogen (secondary N) is 1. The maximum Gasteiger partial charge on any atom is 0.325 e. The summed E-state index contributed by atoms with van der Waals surface area (Å²) in [7, 11) is 1.54. The van der Waals surface area contributed by atoms with Gasteiger partial charge in [0.15, 0.2) is 0 Å². The molecule has 1 aromatic heterocycles. The van der Waals surface area contributed by atoms with E-state index in [1.165, 1.54) is 16.7 Å². The monoisotopic (exact) mass is 233 g/mol. The van der Waals surface area contributed by atoms with Crippen molar-refractivity contribution in [1.29, 1.82) is 0 Å². The van der Waals surface area contributed by atoms with Gasteiger partial charge < -0.3 is 5.32 Å². The summed E-state index contributed by atoms with van der Waals surface area (Å²) >= 11 is 0. The zero-order valence-corrected chi connectivity index (χ0v) is 9.43. The van der Waals surface area contributed by atoms with Crippen LogP contribution >= 0.6 is 0 Å². The van der Waals surface area contributed by atoms with Crippen LogP contribution in [0, 0.1) is 17.0 Å². The molecular formula is C11H11N3O3. The summed E-state index contributed by atoms with van der Waals surface area (Å²) in [5.74, 6) is 0. The average molecular weight is 233 g/mol. The lowest BCUT2D eigenvalue weighted by atomic mass is 10.2. The van der Waals surface area contributed by atoms with E-state index in [0.29, 0.717) is 10.9 Å². The van der Waals surface area contributed by atoms with Gasteiger partial charge in [-0.2, -0.15) is 0 Å². The lowest BCUT2D eigenvalue weighted by Crippen LogP contribution is -2.25. The third-order valence-corrected chi connectivity index (χ3v) is 2.60. The van der Waals surface area contributed by atoms with E-state index in [4.69, 9.17) is 0 Å². The fourth-order valence-corrected chi connectivity index (χ4v) is 1.84. The molecule has 1 amide bonds. The molecule has 0 aliphatic rings. The van der Waals surface area contributed by atoms with Crippen molar-refractivity contribution < 1.29 is 9.72 Å². The van der Waals surface area contributed by atoms with E-state index < -0.39 is 4.92 Å². The Morgan fingerprint density at radius 1 is 1.41 bits per heavy atom. The second-order valence-electron chi connectivity index (χ2n) is 3.68. The average Bonchev–Trinajstić information content (AvgIpc) is 2.62. The van der Waals surface area contributed by atoms with Crippen LogP contribution in [-0.4, -0.2) is 22.6 Å². The van der Waals surface area contributed by atoms with Crippen molar-refractivity contribution in [2.24, 2.45) is 0 Å². The summed E-state index contributed by atoms with van der Waals surface area (Å²) in [4.78, 5) is 21.8. The number of nitro groups is 1. The molecule has 0 unspecified atom stereocenters. The van der Waals surface area contributed by atoms with Gasteiger partial charge in [0.25, 0.3) is 5.69 Å². The SMILES string of the molecule is CNC(=O)n1c(C)cc2cc([N+](=O)[O-])ccc21. The summed E-state index contributed by atoms with van der Waals surface area (Å²) in [6.45, 7) is 1.78. The predicted molar refractivity (Wildman–Crippen MR) is 63.2 cm³/mol. The molecular weight excluding hydrogens is 222 g/mol. The van der Waals surface area contributed by atoms with Crippen molar-refractivity contribution in [3.8, 4) is 0 Å². The second kappa shape index (κ2) is 3.89. The topological polar surface area (TPSA) is 77.2 Å². The lowest BCUT2D eigenvalue weighted by molar-refractivity contribution is -0.384. The lowest BCUT2D eigenvalue weighted by Gasteiger charge is -2.04. The van der Waals surface area contributed by atoms with E-state index in [9.17, 15) is 14.9 Å². The minimum Gasteiger partial charge on any atom is -0.340 e. The molecule has 2 aromatic rings. The van der Waals surface area contributed by atoms with Gasteiger partial charge in [0.1, 0.15) is 0 Å². The summed E-state index contributed by atoms with van der Waals surface area (Å²) < 4.78 is 1.49. The Balaban J connectivity index is 2.68. The minimum atomic E-state index is -0.452. The second-order valence-corrected chi connectivity index (χ2v) is 3.68. The molecule has 6 nitrogen and oxygen atoms in total. The third-order valence-electron chi connectivity index (χ3n) is 2.60. The Bertz CT molecular complexity index is 616. The van der Waals surface area contributed by atoms with Crippen molar-refractivity contribution in [2.75, 3.05) is 7.05 Å². The van der Waals surface area contributed by atoms with Gasteiger partial charge in [0.2, 0.25) is 0 Å². The molecule has 0 aliphatic carbocycles. The number of benzene rings is 1. The Labute approximate surface area is 97.0 Å². The number of hydrogen-bond acceptors (Lipinski definition) is 3. The van der Waals surface area contributed by atoms with Crippen LogP contribution in [0.3, 0.4) is 0 Å². The van der Waals surface area contributed by atoms with E-state index in [-0.39, 0.29) is 11.7 Å². The highest BCUT2D eigenvalue weighted by molar-refractivity contribution is 5.93. The number of aryl methyl sites for hydroxylation is 1. The molecule has 0 saturated carbocycles. The first-order chi connectivity index (χ1) is 8.04. The standard InChI is InChI=1S/C11H11N3O3/c1-7-5-8-6-9(14(16)17)3-4-10(8)13(7)11(15)12-2/h3-6H,1-2H3,(H,12,15). The molecule has 17 heavy (non-hydrogen) atoms. The number of carbonyl (C=O) groups excluding carboxylic acids is 1. The predicted octanol–water partition coefficient (Wildman–Crippen LogP) is 2.05. The van der Waals surface area contributed by atoms with Gasteiger partial charge in [0.05, 0.1) is 10.4 Å². The number of rotatable bonds is 1. The number of carbonyl (C=O) groups is 1. The maximum absolute atomic E-state index is 11.6. The van der Waals surface area contributed by atoms with Crippen molar-refractivity contribution in [1.82, 2.24) is 9.88 Å². The summed E-state index contributed by atoms with van der Waals surface area (Å²) in [6, 6.07) is 5.92. The molecule has 1 aromatic carbocycles. The molecule has 0 bridgehead atoms. The fraction of sp³-hybridized carbons (Fsp3) is 0.182. The van der Waals surface area contributed by atoms with Crippen molar-refractivity contribution in [2.45, 2.75) is 6.92 Å². The number of nitro benzene ring substituents is 1. The summed E-state index contributed by atoms with van der Waals surface area (Å²) in [5, 5.41) is 13.9. The Morgan fingerprint density at radius 2 is 2.12 bits per heavy atom. The number of amides is 1. The third kappa shape index (κ3) is 1.73. The number of non-ortho nitro benzene ring substituents is 1. The van der Waals surface area contributed by atoms with Crippen molar-refractivity contribution in [3.63, 3.8) is 0 Å². The first-order valence-corrected chi connectivity index (χ1v) is 5.03. The number of nitrogens with zero attached hydrogens (tertiary/aromatic N) is 2. The molecule has 2 rings (SSSR count). The summed E-state index contributed by atoms with van der Waals surface area (Å²) in [6.07, 6.45) is 0. The molecule has 0 fully saturated rings. The highest BCUT2D eigenvalue weighted by Gasteiger charge is 2.14. The fourth-order valence-electron chi connectivity index (χ4n) is 1.84. The molecule has 0 atom stereocenters. The smallest absolute Gasteiger partial charge is 0.325 e. The van der Waals surface area contributed by atoms with E-state index >= 15 is 0 Å². The van der Waals surface area contributed by atoms with Gasteiger partial charge in [0, 0.05) is 30.3 Å². The van der Waals surface area contributed by atoms with Crippen molar-refractivity contribution in [3.05, 3.63) is 40.1 Å².